The molecule has 2 aromatic carbocycles. The van der Waals surface area contributed by atoms with Crippen LogP contribution < -0.4 is 15.5 Å². The summed E-state index contributed by atoms with van der Waals surface area (Å²) in [5.41, 5.74) is -0.793. The number of phenols is 1. The molecule has 1 saturated heterocycles. The average Bonchev–Trinajstić information content (AvgIpc) is 2.79. The quantitative estimate of drug-likeness (QED) is 0.392. The van der Waals surface area contributed by atoms with E-state index in [0.29, 0.717) is 37.4 Å². The van der Waals surface area contributed by atoms with Crippen molar-refractivity contribution in [3.05, 3.63) is 40.9 Å². The highest BCUT2D eigenvalue weighted by molar-refractivity contribution is 6.34. The summed E-state index contributed by atoms with van der Waals surface area (Å²) in [4.78, 5) is 21.9. The SMILES string of the molecule is C[C@@H](CNc1nc(N2CCNCC2)c2cc(Cl)c(-c3c(O)cccc3F)c(F)c2n1)C(=O)O.Cl. The Balaban J connectivity index is 0.00000324. The van der Waals surface area contributed by atoms with Crippen LogP contribution >= 0.6 is 24.0 Å². The number of hydrogen-bond acceptors (Lipinski definition) is 7. The lowest BCUT2D eigenvalue weighted by Crippen LogP contribution is -2.44. The molecule has 2 heterocycles. The van der Waals surface area contributed by atoms with Gasteiger partial charge in [-0.15, -0.1) is 12.4 Å². The molecule has 1 aliphatic rings. The molecule has 4 N–H and O–H groups in total. The van der Waals surface area contributed by atoms with Crippen molar-refractivity contribution in [3.8, 4) is 16.9 Å². The van der Waals surface area contributed by atoms with Gasteiger partial charge in [0.05, 0.1) is 16.5 Å². The smallest absolute Gasteiger partial charge is 0.308 e. The maximum absolute atomic E-state index is 15.8. The molecular formula is C22H23Cl2F2N5O3. The Hall–Kier alpha value is -2.95. The van der Waals surface area contributed by atoms with Crippen LogP contribution in [0.1, 0.15) is 6.92 Å². The highest BCUT2D eigenvalue weighted by Gasteiger charge is 2.25. The van der Waals surface area contributed by atoms with E-state index >= 15 is 4.39 Å². The monoisotopic (exact) mass is 513 g/mol. The Morgan fingerprint density at radius 1 is 1.26 bits per heavy atom. The summed E-state index contributed by atoms with van der Waals surface area (Å²) < 4.78 is 30.4. The second kappa shape index (κ2) is 10.5. The van der Waals surface area contributed by atoms with Crippen LogP contribution in [0, 0.1) is 17.6 Å². The van der Waals surface area contributed by atoms with Gasteiger partial charge < -0.3 is 25.7 Å². The molecule has 0 aliphatic carbocycles. The first-order valence-electron chi connectivity index (χ1n) is 10.4. The molecule has 12 heteroatoms. The van der Waals surface area contributed by atoms with Gasteiger partial charge in [-0.1, -0.05) is 24.6 Å². The van der Waals surface area contributed by atoms with Crippen LogP contribution in [0.15, 0.2) is 24.3 Å². The van der Waals surface area contributed by atoms with E-state index in [2.05, 4.69) is 20.6 Å². The summed E-state index contributed by atoms with van der Waals surface area (Å²) in [6.07, 6.45) is 0. The van der Waals surface area contributed by atoms with Crippen molar-refractivity contribution < 1.29 is 23.8 Å². The Morgan fingerprint density at radius 3 is 2.62 bits per heavy atom. The molecule has 4 rings (SSSR count). The van der Waals surface area contributed by atoms with E-state index in [-0.39, 0.29) is 46.6 Å². The highest BCUT2D eigenvalue weighted by atomic mass is 35.5. The first-order valence-corrected chi connectivity index (χ1v) is 10.8. The van der Waals surface area contributed by atoms with Crippen LogP contribution in [-0.2, 0) is 4.79 Å². The fraction of sp³-hybridized carbons (Fsp3) is 0.318. The lowest BCUT2D eigenvalue weighted by Gasteiger charge is -2.29. The number of anilines is 2. The van der Waals surface area contributed by atoms with Gasteiger partial charge >= 0.3 is 5.97 Å². The third-order valence-corrected chi connectivity index (χ3v) is 5.81. The van der Waals surface area contributed by atoms with Crippen molar-refractivity contribution in [2.45, 2.75) is 6.92 Å². The third-order valence-electron chi connectivity index (χ3n) is 5.51. The Labute approximate surface area is 205 Å². The van der Waals surface area contributed by atoms with E-state index in [1.807, 2.05) is 4.90 Å². The zero-order valence-corrected chi connectivity index (χ0v) is 19.7. The van der Waals surface area contributed by atoms with Crippen LogP contribution in [0.5, 0.6) is 5.75 Å². The Kier molecular flexibility index (Phi) is 7.96. The van der Waals surface area contributed by atoms with E-state index < -0.39 is 29.3 Å². The van der Waals surface area contributed by atoms with Gasteiger partial charge in [0.2, 0.25) is 5.95 Å². The summed E-state index contributed by atoms with van der Waals surface area (Å²) in [6, 6.07) is 5.10. The van der Waals surface area contributed by atoms with Gasteiger partial charge in [-0.3, -0.25) is 4.79 Å². The van der Waals surface area contributed by atoms with Gasteiger partial charge in [0.15, 0.2) is 5.82 Å². The molecule has 1 fully saturated rings. The second-order valence-electron chi connectivity index (χ2n) is 7.81. The van der Waals surface area contributed by atoms with Crippen molar-refractivity contribution in [2.75, 3.05) is 42.9 Å². The molecule has 0 saturated carbocycles. The molecule has 1 aliphatic heterocycles. The minimum absolute atomic E-state index is 0. The lowest BCUT2D eigenvalue weighted by atomic mass is 10.0. The summed E-state index contributed by atoms with van der Waals surface area (Å²) in [7, 11) is 0. The number of piperazine rings is 1. The summed E-state index contributed by atoms with van der Waals surface area (Å²) in [5, 5.41) is 25.7. The number of aromatic hydroxyl groups is 1. The zero-order valence-electron chi connectivity index (χ0n) is 18.1. The number of rotatable bonds is 6. The van der Waals surface area contributed by atoms with Crippen molar-refractivity contribution in [1.29, 1.82) is 0 Å². The number of phenolic OH excluding ortho intramolecular Hbond substituents is 1. The van der Waals surface area contributed by atoms with Crippen molar-refractivity contribution >= 4 is 52.6 Å². The molecule has 0 unspecified atom stereocenters. The maximum atomic E-state index is 15.8. The first-order chi connectivity index (χ1) is 15.8. The fourth-order valence-electron chi connectivity index (χ4n) is 3.70. The van der Waals surface area contributed by atoms with E-state index in [4.69, 9.17) is 16.7 Å². The Bertz CT molecular complexity index is 1200. The number of carbonyl (C=O) groups is 1. The summed E-state index contributed by atoms with van der Waals surface area (Å²) >= 11 is 6.39. The van der Waals surface area contributed by atoms with Crippen LogP contribution in [0.3, 0.4) is 0 Å². The number of nitrogens with zero attached hydrogens (tertiary/aromatic N) is 3. The molecule has 0 spiro atoms. The van der Waals surface area contributed by atoms with E-state index in [1.54, 1.807) is 0 Å². The molecule has 0 amide bonds. The summed E-state index contributed by atoms with van der Waals surface area (Å²) in [5.74, 6) is -3.47. The number of benzene rings is 2. The van der Waals surface area contributed by atoms with Gasteiger partial charge in [0.25, 0.3) is 0 Å². The van der Waals surface area contributed by atoms with Crippen LogP contribution in [-0.4, -0.2) is 58.9 Å². The Morgan fingerprint density at radius 2 is 1.97 bits per heavy atom. The maximum Gasteiger partial charge on any atom is 0.308 e. The van der Waals surface area contributed by atoms with Gasteiger partial charge in [0.1, 0.15) is 22.9 Å². The summed E-state index contributed by atoms with van der Waals surface area (Å²) in [6.45, 7) is 4.15. The van der Waals surface area contributed by atoms with Gasteiger partial charge in [-0.05, 0) is 18.2 Å². The topological polar surface area (TPSA) is 111 Å². The van der Waals surface area contributed by atoms with E-state index in [0.717, 1.165) is 6.07 Å². The van der Waals surface area contributed by atoms with Crippen molar-refractivity contribution in [3.63, 3.8) is 0 Å². The van der Waals surface area contributed by atoms with Crippen LogP contribution in [0.25, 0.3) is 22.0 Å². The second-order valence-corrected chi connectivity index (χ2v) is 8.21. The number of halogens is 4. The van der Waals surface area contributed by atoms with Gasteiger partial charge in [0, 0.05) is 43.7 Å². The predicted molar refractivity (Wildman–Crippen MR) is 129 cm³/mol. The number of hydrogen-bond donors (Lipinski definition) is 4. The number of carboxylic acids is 1. The number of fused-ring (bicyclic) bond motifs is 1. The highest BCUT2D eigenvalue weighted by Crippen LogP contribution is 2.42. The van der Waals surface area contributed by atoms with Gasteiger partial charge in [-0.25, -0.2) is 13.8 Å². The number of carboxylic acid groups (broad SMARTS) is 1. The van der Waals surface area contributed by atoms with Crippen LogP contribution in [0.2, 0.25) is 5.02 Å². The third kappa shape index (κ3) is 4.94. The molecule has 0 bridgehead atoms. The van der Waals surface area contributed by atoms with Crippen molar-refractivity contribution in [1.82, 2.24) is 15.3 Å². The molecule has 1 atom stereocenters. The number of aromatic nitrogens is 2. The standard InChI is InChI=1S/C22H22ClF2N5O3.ClH/c1-11(21(32)33)10-27-22-28-19-12(20(29-22)30-7-5-26-6-8-30)9-13(23)16(18(19)25)17-14(24)3-2-4-15(17)31;/h2-4,9,11,26,31H,5-8,10H2,1H3,(H,32,33)(H,27,28,29);1H/t11-;/m0./s1. The van der Waals surface area contributed by atoms with Crippen molar-refractivity contribution in [2.24, 2.45) is 5.92 Å². The number of aliphatic carboxylic acids is 1. The normalized spacial score (nSPS) is 14.5. The largest absolute Gasteiger partial charge is 0.507 e. The molecule has 0 radical (unpaired) electrons. The minimum Gasteiger partial charge on any atom is -0.507 e. The molecule has 3 aromatic rings. The van der Waals surface area contributed by atoms with E-state index in [9.17, 15) is 14.3 Å². The molecular weight excluding hydrogens is 491 g/mol. The molecule has 34 heavy (non-hydrogen) atoms. The zero-order chi connectivity index (χ0) is 23.7. The average molecular weight is 514 g/mol. The van der Waals surface area contributed by atoms with Crippen LogP contribution in [0.4, 0.5) is 20.5 Å². The molecule has 182 valence electrons. The number of nitrogens with one attached hydrogen (secondary N) is 2. The molecule has 1 aromatic heterocycles. The van der Waals surface area contributed by atoms with Gasteiger partial charge in [-0.2, -0.15) is 4.98 Å². The lowest BCUT2D eigenvalue weighted by molar-refractivity contribution is -0.140. The first kappa shape index (κ1) is 25.7. The fourth-order valence-corrected chi connectivity index (χ4v) is 3.98. The van der Waals surface area contributed by atoms with E-state index in [1.165, 1.54) is 25.1 Å². The predicted octanol–water partition coefficient (Wildman–Crippen LogP) is 3.90. The minimum atomic E-state index is -0.999. The molecule has 8 nitrogen and oxygen atoms in total.